The molecule has 1 fully saturated rings. The number of alkyl halides is 1. The molecule has 100 valence electrons. The molecule has 1 atom stereocenters. The highest BCUT2D eigenvalue weighted by molar-refractivity contribution is 6.09. The van der Waals surface area contributed by atoms with Gasteiger partial charge < -0.3 is 0 Å². The second-order valence-corrected chi connectivity index (χ2v) is 5.31. The van der Waals surface area contributed by atoms with E-state index in [1.807, 2.05) is 24.3 Å². The number of imide groups is 1. The number of aryl methyl sites for hydroxylation is 1. The number of hydrogen-bond donors (Lipinski definition) is 0. The number of carbonyl (C=O) groups excluding carboxylic acids is 2. The maximum Gasteiger partial charge on any atom is 0.240 e. The SMILES string of the molecule is O=C1CC2(CCc3ccccc32)C(=O)N1CCCF. The lowest BCUT2D eigenvalue weighted by atomic mass is 9.80. The summed E-state index contributed by atoms with van der Waals surface area (Å²) in [5.41, 5.74) is 1.50. The molecule has 0 N–H and O–H groups in total. The van der Waals surface area contributed by atoms with E-state index in [2.05, 4.69) is 0 Å². The number of amides is 2. The maximum atomic E-state index is 12.6. The van der Waals surface area contributed by atoms with Crippen molar-refractivity contribution < 1.29 is 14.0 Å². The Morgan fingerprint density at radius 2 is 2.05 bits per heavy atom. The fourth-order valence-electron chi connectivity index (χ4n) is 3.34. The predicted octanol–water partition coefficient (Wildman–Crippen LogP) is 1.99. The minimum absolute atomic E-state index is 0.129. The van der Waals surface area contributed by atoms with E-state index >= 15 is 0 Å². The van der Waals surface area contributed by atoms with Crippen LogP contribution in [0.4, 0.5) is 4.39 Å². The van der Waals surface area contributed by atoms with Crippen molar-refractivity contribution in [1.29, 1.82) is 0 Å². The van der Waals surface area contributed by atoms with Crippen LogP contribution in [0.25, 0.3) is 0 Å². The molecule has 0 saturated carbocycles. The minimum Gasteiger partial charge on any atom is -0.282 e. The number of rotatable bonds is 3. The summed E-state index contributed by atoms with van der Waals surface area (Å²) in [6, 6.07) is 7.84. The summed E-state index contributed by atoms with van der Waals surface area (Å²) in [6.07, 6.45) is 2.01. The Kier molecular flexibility index (Phi) is 2.88. The number of hydrogen-bond acceptors (Lipinski definition) is 2. The molecule has 0 bridgehead atoms. The van der Waals surface area contributed by atoms with E-state index < -0.39 is 12.1 Å². The summed E-state index contributed by atoms with van der Waals surface area (Å²) in [5, 5.41) is 0. The zero-order chi connectivity index (χ0) is 13.5. The Bertz CT molecular complexity index is 543. The van der Waals surface area contributed by atoms with Crippen molar-refractivity contribution in [2.24, 2.45) is 0 Å². The molecule has 1 saturated heterocycles. The third-order valence-corrected chi connectivity index (χ3v) is 4.28. The van der Waals surface area contributed by atoms with Gasteiger partial charge >= 0.3 is 0 Å². The number of halogens is 1. The Hall–Kier alpha value is -1.71. The molecule has 3 nitrogen and oxygen atoms in total. The van der Waals surface area contributed by atoms with Gasteiger partial charge in [-0.1, -0.05) is 24.3 Å². The van der Waals surface area contributed by atoms with Gasteiger partial charge in [-0.05, 0) is 30.4 Å². The van der Waals surface area contributed by atoms with E-state index in [-0.39, 0.29) is 31.2 Å². The summed E-state index contributed by atoms with van der Waals surface area (Å²) in [4.78, 5) is 25.9. The van der Waals surface area contributed by atoms with Crippen LogP contribution in [0.3, 0.4) is 0 Å². The molecule has 3 rings (SSSR count). The van der Waals surface area contributed by atoms with Gasteiger partial charge in [0, 0.05) is 13.0 Å². The van der Waals surface area contributed by atoms with Crippen LogP contribution in [0, 0.1) is 0 Å². The lowest BCUT2D eigenvalue weighted by molar-refractivity contribution is -0.140. The summed E-state index contributed by atoms with van der Waals surface area (Å²) in [7, 11) is 0. The monoisotopic (exact) mass is 261 g/mol. The van der Waals surface area contributed by atoms with E-state index in [1.54, 1.807) is 0 Å². The van der Waals surface area contributed by atoms with Crippen molar-refractivity contribution in [3.8, 4) is 0 Å². The van der Waals surface area contributed by atoms with Gasteiger partial charge in [0.05, 0.1) is 12.1 Å². The molecule has 1 spiro atoms. The lowest BCUT2D eigenvalue weighted by Gasteiger charge is -2.22. The standard InChI is InChI=1S/C15H16FNO2/c16-8-3-9-17-13(18)10-15(14(17)19)7-6-11-4-1-2-5-12(11)15/h1-2,4-5H,3,6-10H2. The zero-order valence-electron chi connectivity index (χ0n) is 10.7. The van der Waals surface area contributed by atoms with Crippen molar-refractivity contribution >= 4 is 11.8 Å². The van der Waals surface area contributed by atoms with Gasteiger partial charge in [-0.25, -0.2) is 0 Å². The van der Waals surface area contributed by atoms with Gasteiger partial charge in [0.1, 0.15) is 0 Å². The quantitative estimate of drug-likeness (QED) is 0.780. The van der Waals surface area contributed by atoms with Crippen LogP contribution in [0.2, 0.25) is 0 Å². The molecule has 1 aliphatic carbocycles. The average Bonchev–Trinajstić information content (AvgIpc) is 2.90. The lowest BCUT2D eigenvalue weighted by Crippen LogP contribution is -2.37. The molecule has 4 heteroatoms. The van der Waals surface area contributed by atoms with Gasteiger partial charge in [-0.15, -0.1) is 0 Å². The molecule has 1 unspecified atom stereocenters. The molecule has 0 aromatic heterocycles. The van der Waals surface area contributed by atoms with Gasteiger partial charge in [0.25, 0.3) is 0 Å². The topological polar surface area (TPSA) is 37.4 Å². The number of likely N-dealkylation sites (tertiary alicyclic amines) is 1. The highest BCUT2D eigenvalue weighted by atomic mass is 19.1. The van der Waals surface area contributed by atoms with Crippen LogP contribution >= 0.6 is 0 Å². The van der Waals surface area contributed by atoms with Crippen molar-refractivity contribution in [3.05, 3.63) is 35.4 Å². The minimum atomic E-state index is -0.663. The number of carbonyl (C=O) groups is 2. The first kappa shape index (κ1) is 12.3. The fourth-order valence-corrected chi connectivity index (χ4v) is 3.34. The van der Waals surface area contributed by atoms with E-state index in [4.69, 9.17) is 0 Å². The largest absolute Gasteiger partial charge is 0.282 e. The summed E-state index contributed by atoms with van der Waals surface area (Å²) in [6.45, 7) is -0.293. The normalized spacial score (nSPS) is 25.4. The van der Waals surface area contributed by atoms with Gasteiger partial charge in [0.15, 0.2) is 0 Å². The van der Waals surface area contributed by atoms with E-state index in [9.17, 15) is 14.0 Å². The summed E-state index contributed by atoms with van der Waals surface area (Å²) >= 11 is 0. The Balaban J connectivity index is 1.95. The predicted molar refractivity (Wildman–Crippen MR) is 68.4 cm³/mol. The highest BCUT2D eigenvalue weighted by Gasteiger charge is 2.54. The molecule has 2 amide bonds. The van der Waals surface area contributed by atoms with E-state index in [0.29, 0.717) is 6.42 Å². The van der Waals surface area contributed by atoms with Crippen LogP contribution in [0.5, 0.6) is 0 Å². The molecule has 1 aliphatic heterocycles. The van der Waals surface area contributed by atoms with Crippen LogP contribution in [-0.4, -0.2) is 29.9 Å². The molecular weight excluding hydrogens is 245 g/mol. The Labute approximate surface area is 111 Å². The molecule has 19 heavy (non-hydrogen) atoms. The Morgan fingerprint density at radius 3 is 2.84 bits per heavy atom. The fraction of sp³-hybridized carbons (Fsp3) is 0.467. The highest BCUT2D eigenvalue weighted by Crippen LogP contribution is 2.46. The molecule has 0 radical (unpaired) electrons. The third kappa shape index (κ3) is 1.70. The van der Waals surface area contributed by atoms with Crippen molar-refractivity contribution in [3.63, 3.8) is 0 Å². The van der Waals surface area contributed by atoms with Crippen LogP contribution in [-0.2, 0) is 21.4 Å². The molecule has 1 aromatic carbocycles. The van der Waals surface area contributed by atoms with E-state index in [0.717, 1.165) is 17.5 Å². The number of fused-ring (bicyclic) bond motifs is 2. The summed E-state index contributed by atoms with van der Waals surface area (Å²) < 4.78 is 12.3. The first-order chi connectivity index (χ1) is 9.19. The Morgan fingerprint density at radius 1 is 1.26 bits per heavy atom. The van der Waals surface area contributed by atoms with Gasteiger partial charge in [-0.2, -0.15) is 0 Å². The number of benzene rings is 1. The van der Waals surface area contributed by atoms with Gasteiger partial charge in [-0.3, -0.25) is 18.9 Å². The van der Waals surface area contributed by atoms with Crippen LogP contribution < -0.4 is 0 Å². The third-order valence-electron chi connectivity index (χ3n) is 4.28. The van der Waals surface area contributed by atoms with Crippen molar-refractivity contribution in [2.75, 3.05) is 13.2 Å². The molecule has 1 heterocycles. The maximum absolute atomic E-state index is 12.6. The van der Waals surface area contributed by atoms with Crippen molar-refractivity contribution in [2.45, 2.75) is 31.1 Å². The van der Waals surface area contributed by atoms with Gasteiger partial charge in [0.2, 0.25) is 11.8 Å². The summed E-state index contributed by atoms with van der Waals surface area (Å²) in [5.74, 6) is -0.286. The molecular formula is C15H16FNO2. The zero-order valence-corrected chi connectivity index (χ0v) is 10.7. The molecule has 2 aliphatic rings. The number of nitrogens with zero attached hydrogens (tertiary/aromatic N) is 1. The molecule has 1 aromatic rings. The first-order valence-electron chi connectivity index (χ1n) is 6.68. The smallest absolute Gasteiger partial charge is 0.240 e. The van der Waals surface area contributed by atoms with E-state index in [1.165, 1.54) is 4.90 Å². The first-order valence-corrected chi connectivity index (χ1v) is 6.68. The second kappa shape index (κ2) is 4.44. The van der Waals surface area contributed by atoms with Crippen molar-refractivity contribution in [1.82, 2.24) is 4.90 Å². The van der Waals surface area contributed by atoms with Crippen LogP contribution in [0.15, 0.2) is 24.3 Å². The average molecular weight is 261 g/mol. The second-order valence-electron chi connectivity index (χ2n) is 5.31. The van der Waals surface area contributed by atoms with Crippen LogP contribution in [0.1, 0.15) is 30.4 Å².